The second-order valence-electron chi connectivity index (χ2n) is 2.69. The van der Waals surface area contributed by atoms with Gasteiger partial charge < -0.3 is 0 Å². The van der Waals surface area contributed by atoms with Gasteiger partial charge in [0, 0.05) is 0 Å². The summed E-state index contributed by atoms with van der Waals surface area (Å²) < 4.78 is 12.0. The summed E-state index contributed by atoms with van der Waals surface area (Å²) in [4.78, 5) is 0. The van der Waals surface area contributed by atoms with Gasteiger partial charge in [-0.25, -0.2) is 0 Å². The Morgan fingerprint density at radius 2 is 1.67 bits per heavy atom. The number of hydrogen-bond donors (Lipinski definition) is 0. The van der Waals surface area contributed by atoms with Gasteiger partial charge >= 0.3 is 81.0 Å². The third-order valence-corrected chi connectivity index (χ3v) is 4.11. The molecule has 0 saturated heterocycles. The van der Waals surface area contributed by atoms with E-state index in [1.54, 1.807) is 0 Å². The van der Waals surface area contributed by atoms with Gasteiger partial charge in [0.25, 0.3) is 0 Å². The van der Waals surface area contributed by atoms with Crippen molar-refractivity contribution in [2.24, 2.45) is 0 Å². The summed E-state index contributed by atoms with van der Waals surface area (Å²) in [7, 11) is 0. The molecule has 0 aliphatic rings. The van der Waals surface area contributed by atoms with Crippen molar-refractivity contribution >= 4 is 35.5 Å². The standard InChI is InChI=1S/C10H7.O.Sn.H/c1-2-6-10-8-4-3-7-9(10)5-1;;;/h1-7H;;;. The summed E-state index contributed by atoms with van der Waals surface area (Å²) in [6.07, 6.45) is 0. The second kappa shape index (κ2) is 3.35. The van der Waals surface area contributed by atoms with Gasteiger partial charge in [-0.05, 0) is 0 Å². The predicted octanol–water partition coefficient (Wildman–Crippen LogP) is 1.25. The molecule has 2 aromatic carbocycles. The topological polar surface area (TPSA) is 17.1 Å². The van der Waals surface area contributed by atoms with Crippen molar-refractivity contribution in [3.63, 3.8) is 0 Å². The zero-order chi connectivity index (χ0) is 8.39. The first-order valence-corrected chi connectivity index (χ1v) is 6.84. The molecule has 0 aliphatic heterocycles. The Labute approximate surface area is 81.0 Å². The van der Waals surface area contributed by atoms with Crippen molar-refractivity contribution in [2.45, 2.75) is 0 Å². The first kappa shape index (κ1) is 7.92. The van der Waals surface area contributed by atoms with Crippen molar-refractivity contribution in [1.29, 1.82) is 0 Å². The van der Waals surface area contributed by atoms with Crippen LogP contribution in [0.15, 0.2) is 42.5 Å². The Kier molecular flexibility index (Phi) is 2.21. The molecule has 0 saturated carbocycles. The number of benzene rings is 2. The summed E-state index contributed by atoms with van der Waals surface area (Å²) in [5.74, 6) is 0. The van der Waals surface area contributed by atoms with E-state index in [4.69, 9.17) is 0 Å². The maximum absolute atomic E-state index is 10.9. The summed E-state index contributed by atoms with van der Waals surface area (Å²) in [5, 5.41) is 2.35. The fraction of sp³-hybridized carbons (Fsp3) is 0. The molecule has 58 valence electrons. The van der Waals surface area contributed by atoms with Crippen molar-refractivity contribution in [3.8, 4) is 0 Å². The van der Waals surface area contributed by atoms with E-state index in [1.165, 1.54) is 5.39 Å². The molecule has 0 aromatic heterocycles. The van der Waals surface area contributed by atoms with E-state index in [0.29, 0.717) is 0 Å². The number of rotatable bonds is 1. The summed E-state index contributed by atoms with van der Waals surface area (Å²) in [5.41, 5.74) is 0. The molecule has 0 aliphatic carbocycles. The number of hydrogen-bond acceptors (Lipinski definition) is 1. The quantitative estimate of drug-likeness (QED) is 0.707. The van der Waals surface area contributed by atoms with Crippen LogP contribution < -0.4 is 3.58 Å². The van der Waals surface area contributed by atoms with Crippen LogP contribution in [0.4, 0.5) is 0 Å². The Bertz CT molecular complexity index is 418. The van der Waals surface area contributed by atoms with Gasteiger partial charge in [0.2, 0.25) is 0 Å². The van der Waals surface area contributed by atoms with Crippen molar-refractivity contribution in [3.05, 3.63) is 42.5 Å². The molecule has 0 fully saturated rings. The van der Waals surface area contributed by atoms with Gasteiger partial charge in [-0.1, -0.05) is 0 Å². The second-order valence-corrected chi connectivity index (χ2v) is 5.13. The first-order chi connectivity index (χ1) is 5.92. The molecule has 0 unspecified atom stereocenters. The van der Waals surface area contributed by atoms with Crippen molar-refractivity contribution in [1.82, 2.24) is 0 Å². The number of fused-ring (bicyclic) bond motifs is 1. The van der Waals surface area contributed by atoms with E-state index >= 15 is 0 Å². The van der Waals surface area contributed by atoms with Gasteiger partial charge in [-0.15, -0.1) is 0 Å². The monoisotopic (exact) mass is 264 g/mol. The minimum absolute atomic E-state index is 1.07. The van der Waals surface area contributed by atoms with E-state index < -0.39 is 21.1 Å². The Hall–Kier alpha value is -0.701. The normalized spacial score (nSPS) is 10.0. The van der Waals surface area contributed by atoms with Gasteiger partial charge in [-0.3, -0.25) is 0 Å². The molecule has 0 heterocycles. The Morgan fingerprint density at radius 1 is 0.917 bits per heavy atom. The van der Waals surface area contributed by atoms with E-state index in [1.807, 2.05) is 30.3 Å². The van der Waals surface area contributed by atoms with Crippen LogP contribution >= 0.6 is 0 Å². The third kappa shape index (κ3) is 1.29. The van der Waals surface area contributed by atoms with Crippen molar-refractivity contribution in [2.75, 3.05) is 0 Å². The van der Waals surface area contributed by atoms with Crippen LogP contribution in [0, 0.1) is 0 Å². The summed E-state index contributed by atoms with van der Waals surface area (Å²) in [6.45, 7) is 0. The van der Waals surface area contributed by atoms with Crippen LogP contribution in [0.25, 0.3) is 10.8 Å². The van der Waals surface area contributed by atoms with Gasteiger partial charge in [0.05, 0.1) is 0 Å². The van der Waals surface area contributed by atoms with Gasteiger partial charge in [0.15, 0.2) is 0 Å². The van der Waals surface area contributed by atoms with Gasteiger partial charge in [0.1, 0.15) is 0 Å². The van der Waals surface area contributed by atoms with E-state index in [-0.39, 0.29) is 0 Å². The fourth-order valence-corrected chi connectivity index (χ4v) is 3.01. The molecule has 0 amide bonds. The Balaban J connectivity index is 2.88. The van der Waals surface area contributed by atoms with Crippen LogP contribution in [0.5, 0.6) is 0 Å². The SMILES string of the molecule is [O]=[SnH][c]1cccc2ccccc12. The molecular weight excluding hydrogens is 255 g/mol. The molecule has 2 heteroatoms. The van der Waals surface area contributed by atoms with Crippen LogP contribution in [0.3, 0.4) is 0 Å². The first-order valence-electron chi connectivity index (χ1n) is 3.85. The average Bonchev–Trinajstić information content (AvgIpc) is 2.17. The van der Waals surface area contributed by atoms with Crippen LogP contribution in [-0.4, -0.2) is 21.1 Å². The molecule has 2 aromatic rings. The zero-order valence-electron chi connectivity index (χ0n) is 6.53. The minimum atomic E-state index is -1.70. The maximum atomic E-state index is 10.9. The van der Waals surface area contributed by atoms with Crippen LogP contribution in [0.2, 0.25) is 0 Å². The predicted molar refractivity (Wildman–Crippen MR) is 51.4 cm³/mol. The molecule has 0 N–H and O–H groups in total. The molecule has 0 spiro atoms. The van der Waals surface area contributed by atoms with Crippen LogP contribution in [-0.2, 0) is 3.08 Å². The third-order valence-electron chi connectivity index (χ3n) is 1.95. The summed E-state index contributed by atoms with van der Waals surface area (Å²) in [6, 6.07) is 14.1. The molecular formula is C10H8OSn. The van der Waals surface area contributed by atoms with E-state index in [0.717, 1.165) is 8.97 Å². The molecule has 0 radical (unpaired) electrons. The summed E-state index contributed by atoms with van der Waals surface area (Å²) >= 11 is -1.70. The Morgan fingerprint density at radius 3 is 2.50 bits per heavy atom. The molecule has 2 rings (SSSR count). The molecule has 0 atom stereocenters. The average molecular weight is 263 g/mol. The molecule has 1 nitrogen and oxygen atoms in total. The zero-order valence-corrected chi connectivity index (χ0v) is 9.82. The van der Waals surface area contributed by atoms with E-state index in [2.05, 4.69) is 12.1 Å². The van der Waals surface area contributed by atoms with Gasteiger partial charge in [-0.2, -0.15) is 0 Å². The van der Waals surface area contributed by atoms with Crippen LogP contribution in [0.1, 0.15) is 0 Å². The van der Waals surface area contributed by atoms with Crippen molar-refractivity contribution < 1.29 is 3.08 Å². The molecule has 0 bridgehead atoms. The van der Waals surface area contributed by atoms with E-state index in [9.17, 15) is 3.08 Å². The molecule has 12 heavy (non-hydrogen) atoms. The fourth-order valence-electron chi connectivity index (χ4n) is 1.35.